The van der Waals surface area contributed by atoms with Crippen LogP contribution in [0.5, 0.6) is 0 Å². The molecule has 0 bridgehead atoms. The first-order valence-corrected chi connectivity index (χ1v) is 9.09. The van der Waals surface area contributed by atoms with Crippen LogP contribution in [0.15, 0.2) is 24.3 Å². The summed E-state index contributed by atoms with van der Waals surface area (Å²) in [6.07, 6.45) is 0.865. The van der Waals surface area contributed by atoms with E-state index in [1.54, 1.807) is 45.0 Å². The van der Waals surface area contributed by atoms with E-state index < -0.39 is 35.5 Å². The number of benzene rings is 1. The summed E-state index contributed by atoms with van der Waals surface area (Å²) in [7, 11) is 1.24. The summed E-state index contributed by atoms with van der Waals surface area (Å²) >= 11 is 0. The second-order valence-corrected chi connectivity index (χ2v) is 7.65. The van der Waals surface area contributed by atoms with Gasteiger partial charge in [-0.1, -0.05) is 12.1 Å². The van der Waals surface area contributed by atoms with Crippen molar-refractivity contribution in [2.45, 2.75) is 57.7 Å². The van der Waals surface area contributed by atoms with Crippen LogP contribution >= 0.6 is 0 Å². The summed E-state index contributed by atoms with van der Waals surface area (Å²) in [5.74, 6) is -1.64. The molecule has 1 aliphatic heterocycles. The molecule has 0 spiro atoms. The molecule has 1 aliphatic rings. The smallest absolute Gasteiger partial charge is 0.338 e. The summed E-state index contributed by atoms with van der Waals surface area (Å²) in [5.41, 5.74) is 0.538. The number of hydrogen-bond acceptors (Lipinski definition) is 6. The van der Waals surface area contributed by atoms with Gasteiger partial charge in [-0.05, 0) is 44.9 Å². The Balaban J connectivity index is 2.03. The average Bonchev–Trinajstić information content (AvgIpc) is 3.06. The summed E-state index contributed by atoms with van der Waals surface area (Å²) in [6, 6.07) is 5.06. The Morgan fingerprint density at radius 1 is 1.21 bits per heavy atom. The molecule has 2 amide bonds. The fraction of sp³-hybridized carbons (Fsp3) is 0.500. The van der Waals surface area contributed by atoms with Gasteiger partial charge in [0.15, 0.2) is 0 Å². The summed E-state index contributed by atoms with van der Waals surface area (Å²) in [6.45, 7) is 5.36. The maximum absolute atomic E-state index is 12.3. The molecule has 1 heterocycles. The van der Waals surface area contributed by atoms with Crippen LogP contribution in [0.25, 0.3) is 0 Å². The topological polar surface area (TPSA) is 111 Å². The lowest BCUT2D eigenvalue weighted by Crippen LogP contribution is -2.49. The molecule has 8 nitrogen and oxygen atoms in total. The van der Waals surface area contributed by atoms with Crippen LogP contribution in [0.2, 0.25) is 0 Å². The van der Waals surface area contributed by atoms with Crippen molar-refractivity contribution in [3.63, 3.8) is 0 Å². The molecular formula is C20H26N2O6. The van der Waals surface area contributed by atoms with Crippen LogP contribution in [-0.4, -0.2) is 48.5 Å². The number of ether oxygens (including phenoxy) is 2. The standard InChI is InChI=1S/C20H26N2O6/c1-20(2,3)28-18(25)13-7-5-12(6-8-13)11-15(19(26)27-4)22-17(24)14-9-10-16(23)21-14/h5-8,14-15H,9-11H2,1-4H3,(H,21,23)(H,22,24)/t14-,15-/m1/s1. The SMILES string of the molecule is COC(=O)[C@@H](Cc1ccc(C(=O)OC(C)(C)C)cc1)NC(=O)[C@H]1CCC(=O)N1. The van der Waals surface area contributed by atoms with Gasteiger partial charge in [0, 0.05) is 12.8 Å². The minimum absolute atomic E-state index is 0.188. The third-order valence-corrected chi connectivity index (χ3v) is 4.14. The Bertz CT molecular complexity index is 751. The number of rotatable bonds is 6. The lowest BCUT2D eigenvalue weighted by atomic mass is 10.0. The summed E-state index contributed by atoms with van der Waals surface area (Å²) in [4.78, 5) is 47.7. The molecule has 0 radical (unpaired) electrons. The Morgan fingerprint density at radius 2 is 1.86 bits per heavy atom. The van der Waals surface area contributed by atoms with Crippen LogP contribution in [0.4, 0.5) is 0 Å². The van der Waals surface area contributed by atoms with Gasteiger partial charge in [0.1, 0.15) is 17.7 Å². The molecule has 1 aromatic carbocycles. The minimum atomic E-state index is -0.901. The molecule has 2 N–H and O–H groups in total. The second kappa shape index (κ2) is 8.86. The first kappa shape index (κ1) is 21.4. The maximum atomic E-state index is 12.3. The van der Waals surface area contributed by atoms with Crippen molar-refractivity contribution < 1.29 is 28.7 Å². The number of esters is 2. The van der Waals surface area contributed by atoms with E-state index in [4.69, 9.17) is 9.47 Å². The van der Waals surface area contributed by atoms with E-state index in [1.807, 2.05) is 0 Å². The van der Waals surface area contributed by atoms with Crippen molar-refractivity contribution in [1.82, 2.24) is 10.6 Å². The molecule has 8 heteroatoms. The van der Waals surface area contributed by atoms with Crippen molar-refractivity contribution in [1.29, 1.82) is 0 Å². The molecule has 0 saturated carbocycles. The zero-order valence-corrected chi connectivity index (χ0v) is 16.5. The van der Waals surface area contributed by atoms with Crippen molar-refractivity contribution in [2.24, 2.45) is 0 Å². The highest BCUT2D eigenvalue weighted by atomic mass is 16.6. The Labute approximate surface area is 164 Å². The normalized spacial score (nSPS) is 17.4. The largest absolute Gasteiger partial charge is 0.467 e. The average molecular weight is 390 g/mol. The van der Waals surface area contributed by atoms with E-state index in [0.717, 1.165) is 5.56 Å². The van der Waals surface area contributed by atoms with Gasteiger partial charge in [-0.2, -0.15) is 0 Å². The summed E-state index contributed by atoms with van der Waals surface area (Å²) in [5, 5.41) is 5.19. The Hall–Kier alpha value is -2.90. The molecule has 0 aliphatic carbocycles. The van der Waals surface area contributed by atoms with Crippen LogP contribution in [0, 0.1) is 0 Å². The van der Waals surface area contributed by atoms with Gasteiger partial charge in [0.25, 0.3) is 0 Å². The maximum Gasteiger partial charge on any atom is 0.338 e. The van der Waals surface area contributed by atoms with Gasteiger partial charge in [-0.15, -0.1) is 0 Å². The molecule has 1 aromatic rings. The number of hydrogen-bond donors (Lipinski definition) is 2. The van der Waals surface area contributed by atoms with E-state index in [0.29, 0.717) is 12.0 Å². The van der Waals surface area contributed by atoms with Gasteiger partial charge < -0.3 is 20.1 Å². The lowest BCUT2D eigenvalue weighted by Gasteiger charge is -2.20. The highest BCUT2D eigenvalue weighted by Crippen LogP contribution is 2.14. The predicted octanol–water partition coefficient (Wildman–Crippen LogP) is 1.12. The molecule has 1 saturated heterocycles. The molecule has 0 aromatic heterocycles. The van der Waals surface area contributed by atoms with Crippen molar-refractivity contribution in [3.05, 3.63) is 35.4 Å². The number of methoxy groups -OCH3 is 1. The molecular weight excluding hydrogens is 364 g/mol. The zero-order valence-electron chi connectivity index (χ0n) is 16.5. The lowest BCUT2D eigenvalue weighted by molar-refractivity contribution is -0.145. The van der Waals surface area contributed by atoms with E-state index in [1.165, 1.54) is 7.11 Å². The van der Waals surface area contributed by atoms with Crippen molar-refractivity contribution >= 4 is 23.8 Å². The van der Waals surface area contributed by atoms with Gasteiger partial charge in [0.2, 0.25) is 11.8 Å². The highest BCUT2D eigenvalue weighted by Gasteiger charge is 2.31. The molecule has 2 rings (SSSR count). The van der Waals surface area contributed by atoms with Crippen LogP contribution in [0.1, 0.15) is 49.5 Å². The van der Waals surface area contributed by atoms with E-state index >= 15 is 0 Å². The quantitative estimate of drug-likeness (QED) is 0.704. The van der Waals surface area contributed by atoms with E-state index in [2.05, 4.69) is 10.6 Å². The third kappa shape index (κ3) is 6.07. The predicted molar refractivity (Wildman–Crippen MR) is 100 cm³/mol. The van der Waals surface area contributed by atoms with Gasteiger partial charge in [0.05, 0.1) is 12.7 Å². The van der Waals surface area contributed by atoms with Crippen LogP contribution in [-0.2, 0) is 30.3 Å². The Kier molecular flexibility index (Phi) is 6.77. The zero-order chi connectivity index (χ0) is 20.9. The number of carbonyl (C=O) groups excluding carboxylic acids is 4. The molecule has 0 unspecified atom stereocenters. The first-order valence-electron chi connectivity index (χ1n) is 9.09. The number of carbonyl (C=O) groups is 4. The van der Waals surface area contributed by atoms with E-state index in [-0.39, 0.29) is 18.7 Å². The van der Waals surface area contributed by atoms with Gasteiger partial charge in [-0.3, -0.25) is 9.59 Å². The number of nitrogens with one attached hydrogen (secondary N) is 2. The van der Waals surface area contributed by atoms with Gasteiger partial charge in [-0.25, -0.2) is 9.59 Å². The monoisotopic (exact) mass is 390 g/mol. The van der Waals surface area contributed by atoms with Crippen LogP contribution in [0.3, 0.4) is 0 Å². The Morgan fingerprint density at radius 3 is 2.36 bits per heavy atom. The molecule has 28 heavy (non-hydrogen) atoms. The first-order chi connectivity index (χ1) is 13.1. The molecule has 1 fully saturated rings. The molecule has 152 valence electrons. The fourth-order valence-corrected chi connectivity index (χ4v) is 2.77. The van der Waals surface area contributed by atoms with Crippen LogP contribution < -0.4 is 10.6 Å². The minimum Gasteiger partial charge on any atom is -0.467 e. The van der Waals surface area contributed by atoms with Gasteiger partial charge >= 0.3 is 11.9 Å². The fourth-order valence-electron chi connectivity index (χ4n) is 2.77. The van der Waals surface area contributed by atoms with Crippen molar-refractivity contribution in [2.75, 3.05) is 7.11 Å². The van der Waals surface area contributed by atoms with Crippen molar-refractivity contribution in [3.8, 4) is 0 Å². The second-order valence-electron chi connectivity index (χ2n) is 7.65. The molecule has 2 atom stereocenters. The summed E-state index contributed by atoms with van der Waals surface area (Å²) < 4.78 is 10.1. The number of amides is 2. The highest BCUT2D eigenvalue weighted by molar-refractivity contribution is 5.93. The third-order valence-electron chi connectivity index (χ3n) is 4.14. The van der Waals surface area contributed by atoms with E-state index in [9.17, 15) is 19.2 Å².